The Bertz CT molecular complexity index is 501. The van der Waals surface area contributed by atoms with Gasteiger partial charge < -0.3 is 11.1 Å². The van der Waals surface area contributed by atoms with Crippen LogP contribution < -0.4 is 11.1 Å². The topological polar surface area (TPSA) is 55.9 Å². The summed E-state index contributed by atoms with van der Waals surface area (Å²) >= 11 is 1.79. The summed E-state index contributed by atoms with van der Waals surface area (Å²) in [5.74, 6) is 0.927. The second-order valence-corrected chi connectivity index (χ2v) is 5.55. The van der Waals surface area contributed by atoms with E-state index >= 15 is 0 Å². The molecule has 2 aromatic rings. The molecule has 2 aromatic heterocycles. The maximum atomic E-state index is 6.09. The Balaban J connectivity index is 2.07. The molecule has 2 heterocycles. The molecule has 0 fully saturated rings. The molecule has 2 rings (SSSR count). The number of hydrogen-bond acceptors (Lipinski definition) is 4. The van der Waals surface area contributed by atoms with Crippen molar-refractivity contribution >= 4 is 22.8 Å². The van der Waals surface area contributed by atoms with Crippen molar-refractivity contribution in [1.29, 1.82) is 0 Å². The van der Waals surface area contributed by atoms with Crippen molar-refractivity contribution in [3.8, 4) is 0 Å². The first-order valence-corrected chi connectivity index (χ1v) is 7.10. The summed E-state index contributed by atoms with van der Waals surface area (Å²) in [6.07, 6.45) is 1.87. The number of nitrogens with two attached hydrogens (primary N) is 1. The molecule has 0 aromatic carbocycles. The predicted molar refractivity (Wildman–Crippen MR) is 78.1 cm³/mol. The van der Waals surface area contributed by atoms with Crippen LogP contribution in [0, 0.1) is 0 Å². The van der Waals surface area contributed by atoms with Gasteiger partial charge in [-0.1, -0.05) is 13.0 Å². The van der Waals surface area contributed by atoms with E-state index in [1.807, 2.05) is 11.7 Å². The van der Waals surface area contributed by atoms with Gasteiger partial charge in [0.15, 0.2) is 0 Å². The highest BCUT2D eigenvalue weighted by Crippen LogP contribution is 2.23. The second kappa shape index (κ2) is 5.44. The maximum absolute atomic E-state index is 6.09. The second-order valence-electron chi connectivity index (χ2n) is 4.52. The van der Waals surface area contributed by atoms with E-state index in [0.29, 0.717) is 6.04 Å². The van der Waals surface area contributed by atoms with E-state index in [9.17, 15) is 0 Å². The van der Waals surface area contributed by atoms with Gasteiger partial charge >= 0.3 is 0 Å². The zero-order valence-corrected chi connectivity index (χ0v) is 11.9. The Morgan fingerprint density at radius 3 is 2.89 bits per heavy atom. The largest absolute Gasteiger partial charge is 0.394 e. The van der Waals surface area contributed by atoms with Crippen LogP contribution in [-0.4, -0.2) is 15.8 Å². The van der Waals surface area contributed by atoms with Crippen LogP contribution >= 0.6 is 11.3 Å². The van der Waals surface area contributed by atoms with Crippen LogP contribution in [0.1, 0.15) is 24.4 Å². The SMILES string of the molecule is CCc1nn(C)c(NC(C)Cc2cccs2)c1N. The molecule has 4 nitrogen and oxygen atoms in total. The number of nitrogens with one attached hydrogen (secondary N) is 1. The third-order valence-electron chi connectivity index (χ3n) is 2.97. The van der Waals surface area contributed by atoms with Crippen molar-refractivity contribution in [1.82, 2.24) is 9.78 Å². The van der Waals surface area contributed by atoms with Crippen molar-refractivity contribution in [2.45, 2.75) is 32.7 Å². The molecule has 98 valence electrons. The van der Waals surface area contributed by atoms with Gasteiger partial charge in [0.2, 0.25) is 0 Å². The average Bonchev–Trinajstić information content (AvgIpc) is 2.92. The van der Waals surface area contributed by atoms with E-state index in [2.05, 4.69) is 41.8 Å². The monoisotopic (exact) mass is 264 g/mol. The van der Waals surface area contributed by atoms with Gasteiger partial charge in [-0.15, -0.1) is 11.3 Å². The van der Waals surface area contributed by atoms with Gasteiger partial charge in [-0.25, -0.2) is 0 Å². The lowest BCUT2D eigenvalue weighted by molar-refractivity contribution is 0.722. The number of thiophene rings is 1. The fourth-order valence-corrected chi connectivity index (χ4v) is 2.88. The Morgan fingerprint density at radius 1 is 1.56 bits per heavy atom. The van der Waals surface area contributed by atoms with Crippen LogP contribution in [0.4, 0.5) is 11.5 Å². The average molecular weight is 264 g/mol. The summed E-state index contributed by atoms with van der Waals surface area (Å²) in [5, 5.41) is 9.97. The molecule has 0 aliphatic rings. The van der Waals surface area contributed by atoms with Crippen LogP contribution in [0.3, 0.4) is 0 Å². The van der Waals surface area contributed by atoms with E-state index in [4.69, 9.17) is 5.73 Å². The van der Waals surface area contributed by atoms with Crippen LogP contribution in [-0.2, 0) is 19.9 Å². The quantitative estimate of drug-likeness (QED) is 0.873. The molecule has 0 spiro atoms. The highest BCUT2D eigenvalue weighted by atomic mass is 32.1. The molecule has 18 heavy (non-hydrogen) atoms. The van der Waals surface area contributed by atoms with Gasteiger partial charge in [0.05, 0.1) is 11.4 Å². The Hall–Kier alpha value is -1.49. The van der Waals surface area contributed by atoms with Crippen LogP contribution in [0.2, 0.25) is 0 Å². The normalized spacial score (nSPS) is 12.6. The minimum Gasteiger partial charge on any atom is -0.394 e. The van der Waals surface area contributed by atoms with Crippen molar-refractivity contribution in [2.75, 3.05) is 11.1 Å². The molecule has 0 radical (unpaired) electrons. The number of aromatic nitrogens is 2. The summed E-state index contributed by atoms with van der Waals surface area (Å²) < 4.78 is 1.83. The Morgan fingerprint density at radius 2 is 2.33 bits per heavy atom. The fraction of sp³-hybridized carbons (Fsp3) is 0.462. The number of hydrogen-bond donors (Lipinski definition) is 2. The third kappa shape index (κ3) is 2.67. The Labute approximate surface area is 112 Å². The zero-order chi connectivity index (χ0) is 13.1. The first-order valence-electron chi connectivity index (χ1n) is 6.22. The molecule has 1 unspecified atom stereocenters. The molecule has 3 N–H and O–H groups in total. The van der Waals surface area contributed by atoms with Crippen molar-refractivity contribution < 1.29 is 0 Å². The van der Waals surface area contributed by atoms with E-state index in [-0.39, 0.29) is 0 Å². The molecule has 0 saturated heterocycles. The highest BCUT2D eigenvalue weighted by Gasteiger charge is 2.14. The molecule has 5 heteroatoms. The predicted octanol–water partition coefficient (Wildman–Crippen LogP) is 2.67. The minimum absolute atomic E-state index is 0.339. The van der Waals surface area contributed by atoms with Crippen LogP contribution in [0.25, 0.3) is 0 Å². The van der Waals surface area contributed by atoms with Gasteiger partial charge in [-0.3, -0.25) is 4.68 Å². The van der Waals surface area contributed by atoms with Gasteiger partial charge in [0, 0.05) is 24.4 Å². The number of aryl methyl sites for hydroxylation is 2. The minimum atomic E-state index is 0.339. The van der Waals surface area contributed by atoms with Gasteiger partial charge in [-0.05, 0) is 24.8 Å². The fourth-order valence-electron chi connectivity index (χ4n) is 2.04. The maximum Gasteiger partial charge on any atom is 0.147 e. The lowest BCUT2D eigenvalue weighted by atomic mass is 10.2. The molecule has 0 amide bonds. The molecular weight excluding hydrogens is 244 g/mol. The molecular formula is C13H20N4S. The molecule has 0 aliphatic carbocycles. The van der Waals surface area contributed by atoms with Crippen LogP contribution in [0.15, 0.2) is 17.5 Å². The summed E-state index contributed by atoms with van der Waals surface area (Å²) in [6.45, 7) is 4.23. The number of nitrogens with zero attached hydrogens (tertiary/aromatic N) is 2. The van der Waals surface area contributed by atoms with E-state index in [0.717, 1.165) is 30.0 Å². The number of anilines is 2. The Kier molecular flexibility index (Phi) is 3.91. The molecule has 0 aliphatic heterocycles. The summed E-state index contributed by atoms with van der Waals surface area (Å²) in [4.78, 5) is 1.38. The van der Waals surface area contributed by atoms with E-state index in [1.165, 1.54) is 4.88 Å². The van der Waals surface area contributed by atoms with E-state index in [1.54, 1.807) is 11.3 Å². The van der Waals surface area contributed by atoms with Gasteiger partial charge in [0.25, 0.3) is 0 Å². The van der Waals surface area contributed by atoms with Crippen LogP contribution in [0.5, 0.6) is 0 Å². The van der Waals surface area contributed by atoms with Crippen molar-refractivity contribution in [2.24, 2.45) is 7.05 Å². The van der Waals surface area contributed by atoms with E-state index < -0.39 is 0 Å². The number of nitrogen functional groups attached to an aromatic ring is 1. The molecule has 1 atom stereocenters. The highest BCUT2D eigenvalue weighted by molar-refractivity contribution is 7.09. The standard InChI is InChI=1S/C13H20N4S/c1-4-11-12(14)13(17(3)16-11)15-9(2)8-10-6-5-7-18-10/h5-7,9,15H,4,8,14H2,1-3H3. The number of rotatable bonds is 5. The molecule has 0 bridgehead atoms. The van der Waals surface area contributed by atoms with Crippen molar-refractivity contribution in [3.05, 3.63) is 28.1 Å². The first kappa shape index (κ1) is 13.0. The lowest BCUT2D eigenvalue weighted by Crippen LogP contribution is -2.20. The lowest BCUT2D eigenvalue weighted by Gasteiger charge is -2.15. The molecule has 0 saturated carbocycles. The van der Waals surface area contributed by atoms with Gasteiger partial charge in [-0.2, -0.15) is 5.10 Å². The summed E-state index contributed by atoms with van der Waals surface area (Å²) in [6, 6.07) is 4.58. The smallest absolute Gasteiger partial charge is 0.147 e. The van der Waals surface area contributed by atoms with Gasteiger partial charge in [0.1, 0.15) is 5.82 Å². The zero-order valence-electron chi connectivity index (χ0n) is 11.1. The summed E-state index contributed by atoms with van der Waals surface area (Å²) in [5.41, 5.74) is 7.83. The summed E-state index contributed by atoms with van der Waals surface area (Å²) in [7, 11) is 1.93. The first-order chi connectivity index (χ1) is 8.61. The third-order valence-corrected chi connectivity index (χ3v) is 3.86. The van der Waals surface area contributed by atoms with Crippen molar-refractivity contribution in [3.63, 3.8) is 0 Å².